The van der Waals surface area contributed by atoms with Gasteiger partial charge in [-0.3, -0.25) is 13.9 Å². The Hall–Kier alpha value is -3.27. The topological polar surface area (TPSA) is 96.0 Å². The van der Waals surface area contributed by atoms with Gasteiger partial charge in [0.25, 0.3) is 10.0 Å². The van der Waals surface area contributed by atoms with Crippen LogP contribution in [-0.2, 0) is 26.2 Å². The van der Waals surface area contributed by atoms with Crippen LogP contribution in [0.5, 0.6) is 5.75 Å². The number of carbonyl (C=O) groups excluding carboxylic acids is 2. The summed E-state index contributed by atoms with van der Waals surface area (Å²) in [6.45, 7) is 5.34. The molecule has 1 saturated carbocycles. The summed E-state index contributed by atoms with van der Waals surface area (Å²) in [7, 11) is -4.19. The molecule has 1 atom stereocenters. The Bertz CT molecular complexity index is 1540. The van der Waals surface area contributed by atoms with Crippen LogP contribution in [0.1, 0.15) is 57.1 Å². The second kappa shape index (κ2) is 15.1. The number of anilines is 1. The van der Waals surface area contributed by atoms with Crippen molar-refractivity contribution in [1.29, 1.82) is 0 Å². The molecule has 1 aliphatic carbocycles. The molecule has 0 unspecified atom stereocenters. The second-order valence-electron chi connectivity index (χ2n) is 11.0. The molecule has 1 aliphatic rings. The number of hydrogen-bond donors (Lipinski definition) is 1. The largest absolute Gasteiger partial charge is 0.494 e. The Kier molecular flexibility index (Phi) is 11.6. The molecule has 0 spiro atoms. The van der Waals surface area contributed by atoms with Gasteiger partial charge in [0.15, 0.2) is 0 Å². The van der Waals surface area contributed by atoms with Crippen molar-refractivity contribution in [3.8, 4) is 5.75 Å². The third-order valence-electron chi connectivity index (χ3n) is 7.78. The average Bonchev–Trinajstić information content (AvgIpc) is 3.01. The van der Waals surface area contributed by atoms with Crippen LogP contribution >= 0.6 is 23.2 Å². The summed E-state index contributed by atoms with van der Waals surface area (Å²) in [5, 5.41) is 3.78. The van der Waals surface area contributed by atoms with E-state index in [1.54, 1.807) is 61.5 Å². The van der Waals surface area contributed by atoms with Gasteiger partial charge in [0, 0.05) is 12.6 Å². The van der Waals surface area contributed by atoms with Gasteiger partial charge >= 0.3 is 0 Å². The number of sulfonamides is 1. The number of rotatable bonds is 12. The summed E-state index contributed by atoms with van der Waals surface area (Å²) in [6.07, 6.45) is 5.00. The van der Waals surface area contributed by atoms with Crippen molar-refractivity contribution in [3.05, 3.63) is 87.9 Å². The zero-order valence-electron chi connectivity index (χ0n) is 25.3. The first-order valence-corrected chi connectivity index (χ1v) is 17.0. The van der Waals surface area contributed by atoms with Gasteiger partial charge in [0.2, 0.25) is 11.8 Å². The van der Waals surface area contributed by atoms with Crippen molar-refractivity contribution in [3.63, 3.8) is 0 Å². The summed E-state index contributed by atoms with van der Waals surface area (Å²) >= 11 is 12.4. The zero-order valence-corrected chi connectivity index (χ0v) is 27.6. The molecule has 4 rings (SSSR count). The molecule has 2 amide bonds. The maximum Gasteiger partial charge on any atom is 0.264 e. The van der Waals surface area contributed by atoms with Crippen molar-refractivity contribution >= 4 is 50.7 Å². The van der Waals surface area contributed by atoms with Gasteiger partial charge in [0.05, 0.1) is 27.2 Å². The molecular formula is C33H39Cl2N3O5S. The van der Waals surface area contributed by atoms with Crippen LogP contribution in [-0.4, -0.2) is 50.4 Å². The number of aryl methyl sites for hydroxylation is 1. The lowest BCUT2D eigenvalue weighted by Crippen LogP contribution is -2.53. The first kappa shape index (κ1) is 33.6. The van der Waals surface area contributed by atoms with Crippen LogP contribution in [0.4, 0.5) is 5.69 Å². The number of carbonyl (C=O) groups is 2. The lowest BCUT2D eigenvalue weighted by Gasteiger charge is -2.33. The van der Waals surface area contributed by atoms with Crippen molar-refractivity contribution in [2.45, 2.75) is 76.4 Å². The maximum atomic E-state index is 14.2. The molecule has 3 aromatic rings. The Morgan fingerprint density at radius 1 is 0.955 bits per heavy atom. The summed E-state index contributed by atoms with van der Waals surface area (Å²) in [4.78, 5) is 29.0. The minimum Gasteiger partial charge on any atom is -0.494 e. The Morgan fingerprint density at radius 3 is 2.23 bits per heavy atom. The van der Waals surface area contributed by atoms with Crippen molar-refractivity contribution in [2.24, 2.45) is 0 Å². The first-order valence-electron chi connectivity index (χ1n) is 14.9. The zero-order chi connectivity index (χ0) is 31.9. The van der Waals surface area contributed by atoms with E-state index < -0.39 is 28.5 Å². The van der Waals surface area contributed by atoms with Crippen molar-refractivity contribution < 1.29 is 22.7 Å². The molecule has 8 nitrogen and oxygen atoms in total. The van der Waals surface area contributed by atoms with E-state index in [0.717, 1.165) is 42.0 Å². The molecule has 0 bridgehead atoms. The van der Waals surface area contributed by atoms with E-state index in [0.29, 0.717) is 33.7 Å². The number of halogens is 2. The minimum absolute atomic E-state index is 0.00783. The van der Waals surface area contributed by atoms with Crippen LogP contribution in [0.2, 0.25) is 10.0 Å². The van der Waals surface area contributed by atoms with E-state index in [2.05, 4.69) is 5.32 Å². The standard InChI is InChI=1S/C33H39Cl2N3O5S/c1-4-43-28-15-17-29(18-16-28)44(41,42)38(27-13-10-23(2)11-14-27)22-32(39)37(21-25-12-19-30(34)31(35)20-25)24(3)33(40)36-26-8-6-5-7-9-26/h10-20,24,26H,4-9,21-22H2,1-3H3,(H,36,40)/t24-/m0/s1. The smallest absolute Gasteiger partial charge is 0.264 e. The molecule has 0 heterocycles. The third kappa shape index (κ3) is 8.46. The lowest BCUT2D eigenvalue weighted by molar-refractivity contribution is -0.139. The number of ether oxygens (including phenoxy) is 1. The number of nitrogens with one attached hydrogen (secondary N) is 1. The summed E-state index contributed by atoms with van der Waals surface area (Å²) in [5.41, 5.74) is 1.92. The van der Waals surface area contributed by atoms with E-state index in [1.165, 1.54) is 17.0 Å². The molecule has 0 aromatic heterocycles. The van der Waals surface area contributed by atoms with E-state index >= 15 is 0 Å². The summed E-state index contributed by atoms with van der Waals surface area (Å²) < 4.78 is 34.7. The van der Waals surface area contributed by atoms with E-state index in [1.807, 2.05) is 13.8 Å². The SMILES string of the molecule is CCOc1ccc(S(=O)(=O)N(CC(=O)N(Cc2ccc(Cl)c(Cl)c2)[C@@H](C)C(=O)NC2CCCCC2)c2ccc(C)cc2)cc1. The monoisotopic (exact) mass is 659 g/mol. The highest BCUT2D eigenvalue weighted by Gasteiger charge is 2.33. The fourth-order valence-corrected chi connectivity index (χ4v) is 6.96. The maximum absolute atomic E-state index is 14.2. The highest BCUT2D eigenvalue weighted by atomic mass is 35.5. The van der Waals surface area contributed by atoms with Crippen LogP contribution in [0, 0.1) is 6.92 Å². The molecule has 236 valence electrons. The van der Waals surface area contributed by atoms with Crippen LogP contribution in [0.25, 0.3) is 0 Å². The number of nitrogens with zero attached hydrogens (tertiary/aromatic N) is 2. The summed E-state index contributed by atoms with van der Waals surface area (Å²) in [6, 6.07) is 17.1. The normalized spacial score (nSPS) is 14.5. The molecular weight excluding hydrogens is 621 g/mol. The van der Waals surface area contributed by atoms with Gasteiger partial charge in [-0.2, -0.15) is 0 Å². The van der Waals surface area contributed by atoms with Crippen molar-refractivity contribution in [1.82, 2.24) is 10.2 Å². The molecule has 0 aliphatic heterocycles. The van der Waals surface area contributed by atoms with E-state index in [4.69, 9.17) is 27.9 Å². The van der Waals surface area contributed by atoms with Gasteiger partial charge in [0.1, 0.15) is 18.3 Å². The number of benzene rings is 3. The highest BCUT2D eigenvalue weighted by molar-refractivity contribution is 7.92. The molecule has 44 heavy (non-hydrogen) atoms. The fraction of sp³-hybridized carbons (Fsp3) is 0.394. The molecule has 1 N–H and O–H groups in total. The van der Waals surface area contributed by atoms with Gasteiger partial charge in [-0.15, -0.1) is 0 Å². The lowest BCUT2D eigenvalue weighted by atomic mass is 9.95. The van der Waals surface area contributed by atoms with Gasteiger partial charge < -0.3 is 15.0 Å². The Labute approximate surface area is 270 Å². The predicted octanol–water partition coefficient (Wildman–Crippen LogP) is 6.76. The fourth-order valence-electron chi connectivity index (χ4n) is 5.23. The Balaban J connectivity index is 1.68. The molecule has 0 saturated heterocycles. The highest BCUT2D eigenvalue weighted by Crippen LogP contribution is 2.28. The molecule has 11 heteroatoms. The van der Waals surface area contributed by atoms with Gasteiger partial charge in [-0.05, 0) is 87.7 Å². The second-order valence-corrected chi connectivity index (χ2v) is 13.7. The number of amides is 2. The third-order valence-corrected chi connectivity index (χ3v) is 10.3. The average molecular weight is 661 g/mol. The first-order chi connectivity index (χ1) is 21.0. The molecule has 1 fully saturated rings. The van der Waals surface area contributed by atoms with Crippen LogP contribution in [0.15, 0.2) is 71.6 Å². The minimum atomic E-state index is -4.19. The quantitative estimate of drug-likeness (QED) is 0.232. The van der Waals surface area contributed by atoms with Gasteiger partial charge in [-0.25, -0.2) is 8.42 Å². The van der Waals surface area contributed by atoms with E-state index in [9.17, 15) is 18.0 Å². The van der Waals surface area contributed by atoms with Crippen LogP contribution < -0.4 is 14.4 Å². The Morgan fingerprint density at radius 2 is 1.61 bits per heavy atom. The van der Waals surface area contributed by atoms with E-state index in [-0.39, 0.29) is 23.4 Å². The number of hydrogen-bond acceptors (Lipinski definition) is 5. The van der Waals surface area contributed by atoms with Gasteiger partial charge in [-0.1, -0.05) is 66.2 Å². The molecule has 3 aromatic carbocycles. The van der Waals surface area contributed by atoms with Crippen LogP contribution in [0.3, 0.4) is 0 Å². The molecule has 0 radical (unpaired) electrons. The predicted molar refractivity (Wildman–Crippen MR) is 175 cm³/mol. The summed E-state index contributed by atoms with van der Waals surface area (Å²) in [5.74, 6) is -0.297. The van der Waals surface area contributed by atoms with Crippen molar-refractivity contribution in [2.75, 3.05) is 17.5 Å².